The van der Waals surface area contributed by atoms with Gasteiger partial charge in [0.2, 0.25) is 5.91 Å². The monoisotopic (exact) mass is 419 g/mol. The van der Waals surface area contributed by atoms with Crippen molar-refractivity contribution in [3.8, 4) is 16.9 Å². The molecule has 30 heavy (non-hydrogen) atoms. The molecule has 0 radical (unpaired) electrons. The maximum absolute atomic E-state index is 13.3. The van der Waals surface area contributed by atoms with E-state index >= 15 is 0 Å². The Morgan fingerprint density at radius 2 is 1.83 bits per heavy atom. The molecule has 6 nitrogen and oxygen atoms in total. The zero-order valence-corrected chi connectivity index (χ0v) is 17.7. The molecule has 2 aromatic carbocycles. The summed E-state index contributed by atoms with van der Waals surface area (Å²) in [6, 6.07) is 14.3. The van der Waals surface area contributed by atoms with E-state index in [1.807, 2.05) is 60.8 Å². The first kappa shape index (κ1) is 19.8. The van der Waals surface area contributed by atoms with Crippen molar-refractivity contribution in [2.75, 3.05) is 12.4 Å². The average molecular weight is 420 g/mol. The van der Waals surface area contributed by atoms with Crippen LogP contribution in [0.2, 0.25) is 0 Å². The van der Waals surface area contributed by atoms with Gasteiger partial charge in [0.25, 0.3) is 5.56 Å². The molecule has 0 aliphatic rings. The summed E-state index contributed by atoms with van der Waals surface area (Å²) in [5.41, 5.74) is 3.26. The van der Waals surface area contributed by atoms with Gasteiger partial charge in [-0.05, 0) is 43.7 Å². The van der Waals surface area contributed by atoms with Crippen molar-refractivity contribution >= 4 is 33.1 Å². The molecular formula is C23H21N3O3S. The predicted molar refractivity (Wildman–Crippen MR) is 120 cm³/mol. The van der Waals surface area contributed by atoms with Gasteiger partial charge in [0.05, 0.1) is 18.8 Å². The number of fused-ring (bicyclic) bond motifs is 1. The molecule has 0 spiro atoms. The third-order valence-electron chi connectivity index (χ3n) is 5.04. The highest BCUT2D eigenvalue weighted by atomic mass is 32.1. The van der Waals surface area contributed by atoms with E-state index in [1.165, 1.54) is 22.2 Å². The van der Waals surface area contributed by atoms with Gasteiger partial charge >= 0.3 is 0 Å². The quantitative estimate of drug-likeness (QED) is 0.511. The summed E-state index contributed by atoms with van der Waals surface area (Å²) in [5, 5.41) is 5.29. The van der Waals surface area contributed by atoms with Gasteiger partial charge in [-0.15, -0.1) is 11.3 Å². The number of methoxy groups -OCH3 is 1. The third kappa shape index (κ3) is 3.71. The minimum atomic E-state index is -0.709. The Morgan fingerprint density at radius 3 is 2.50 bits per heavy atom. The van der Waals surface area contributed by atoms with E-state index in [2.05, 4.69) is 10.3 Å². The number of carbonyl (C=O) groups is 1. The van der Waals surface area contributed by atoms with E-state index in [4.69, 9.17) is 4.74 Å². The Hall–Kier alpha value is -3.45. The van der Waals surface area contributed by atoms with Gasteiger partial charge in [0.1, 0.15) is 16.6 Å². The first-order valence-corrected chi connectivity index (χ1v) is 10.4. The summed E-state index contributed by atoms with van der Waals surface area (Å²) in [4.78, 5) is 31.1. The number of benzene rings is 2. The Morgan fingerprint density at radius 1 is 1.13 bits per heavy atom. The number of nitrogens with zero attached hydrogens (tertiary/aromatic N) is 2. The van der Waals surface area contributed by atoms with E-state index < -0.39 is 6.04 Å². The lowest BCUT2D eigenvalue weighted by Crippen LogP contribution is -2.31. The molecule has 0 bridgehead atoms. The summed E-state index contributed by atoms with van der Waals surface area (Å²) in [5.74, 6) is 0.471. The molecule has 0 saturated carbocycles. The van der Waals surface area contributed by atoms with E-state index in [-0.39, 0.29) is 11.5 Å². The number of hydrogen-bond donors (Lipinski definition) is 1. The lowest BCUT2D eigenvalue weighted by Gasteiger charge is -2.15. The van der Waals surface area contributed by atoms with Crippen LogP contribution in [-0.2, 0) is 4.79 Å². The molecule has 1 N–H and O–H groups in total. The summed E-state index contributed by atoms with van der Waals surface area (Å²) in [6.45, 7) is 3.67. The van der Waals surface area contributed by atoms with Gasteiger partial charge in [-0.3, -0.25) is 14.2 Å². The first-order valence-electron chi connectivity index (χ1n) is 9.48. The van der Waals surface area contributed by atoms with Gasteiger partial charge in [-0.25, -0.2) is 4.98 Å². The molecule has 2 heterocycles. The van der Waals surface area contributed by atoms with Crippen molar-refractivity contribution in [2.24, 2.45) is 0 Å². The molecule has 4 aromatic rings. The van der Waals surface area contributed by atoms with Crippen molar-refractivity contribution in [3.05, 3.63) is 76.2 Å². The summed E-state index contributed by atoms with van der Waals surface area (Å²) in [7, 11) is 1.61. The second-order valence-electron chi connectivity index (χ2n) is 7.05. The predicted octanol–water partition coefficient (Wildman–Crippen LogP) is 4.64. The zero-order chi connectivity index (χ0) is 21.3. The van der Waals surface area contributed by atoms with Crippen LogP contribution in [-0.4, -0.2) is 22.6 Å². The van der Waals surface area contributed by atoms with Crippen molar-refractivity contribution in [1.82, 2.24) is 9.55 Å². The lowest BCUT2D eigenvalue weighted by atomic mass is 10.1. The molecule has 0 aliphatic heterocycles. The Balaban J connectivity index is 1.69. The number of aromatic nitrogens is 2. The Bertz CT molecular complexity index is 1260. The van der Waals surface area contributed by atoms with Crippen LogP contribution in [0.5, 0.6) is 5.75 Å². The van der Waals surface area contributed by atoms with Crippen LogP contribution in [0, 0.1) is 6.92 Å². The maximum atomic E-state index is 13.3. The first-order chi connectivity index (χ1) is 14.5. The minimum absolute atomic E-state index is 0.237. The van der Waals surface area contributed by atoms with Gasteiger partial charge < -0.3 is 10.1 Å². The Labute approximate surface area is 177 Å². The minimum Gasteiger partial charge on any atom is -0.497 e. The van der Waals surface area contributed by atoms with Crippen LogP contribution in [0.3, 0.4) is 0 Å². The molecule has 1 atom stereocenters. The average Bonchev–Trinajstić information content (AvgIpc) is 3.20. The van der Waals surface area contributed by atoms with E-state index in [1.54, 1.807) is 14.0 Å². The van der Waals surface area contributed by atoms with Gasteiger partial charge in [-0.2, -0.15) is 0 Å². The molecule has 2 aromatic heterocycles. The molecule has 4 rings (SSSR count). The standard InChI is InChI=1S/C23H21N3O3S/c1-14-4-8-17(9-5-14)25-21(27)15(2)26-13-24-22-20(23(26)28)19(12-30-22)16-6-10-18(29-3)11-7-16/h4-13,15H,1-3H3,(H,25,27)/t15-/m0/s1. The summed E-state index contributed by atoms with van der Waals surface area (Å²) >= 11 is 1.41. The normalized spacial score (nSPS) is 12.0. The molecule has 0 unspecified atom stereocenters. The van der Waals surface area contributed by atoms with Gasteiger partial charge in [-0.1, -0.05) is 29.8 Å². The van der Waals surface area contributed by atoms with Crippen LogP contribution >= 0.6 is 11.3 Å². The lowest BCUT2D eigenvalue weighted by molar-refractivity contribution is -0.118. The number of thiophene rings is 1. The molecule has 1 amide bonds. The third-order valence-corrected chi connectivity index (χ3v) is 5.92. The number of nitrogens with one attached hydrogen (secondary N) is 1. The van der Waals surface area contributed by atoms with Crippen molar-refractivity contribution in [3.63, 3.8) is 0 Å². The highest BCUT2D eigenvalue weighted by Crippen LogP contribution is 2.31. The van der Waals surface area contributed by atoms with E-state index in [0.29, 0.717) is 15.9 Å². The molecule has 0 aliphatic carbocycles. The van der Waals surface area contributed by atoms with Crippen LogP contribution in [0.25, 0.3) is 21.3 Å². The molecule has 7 heteroatoms. The second kappa shape index (κ2) is 8.12. The number of anilines is 1. The maximum Gasteiger partial charge on any atom is 0.263 e. The molecule has 0 saturated heterocycles. The van der Waals surface area contributed by atoms with Crippen molar-refractivity contribution in [1.29, 1.82) is 0 Å². The SMILES string of the molecule is COc1ccc(-c2csc3ncn([C@@H](C)C(=O)Nc4ccc(C)cc4)c(=O)c23)cc1. The highest BCUT2D eigenvalue weighted by Gasteiger charge is 2.20. The van der Waals surface area contributed by atoms with Gasteiger partial charge in [0.15, 0.2) is 0 Å². The fourth-order valence-corrected chi connectivity index (χ4v) is 4.12. The zero-order valence-electron chi connectivity index (χ0n) is 16.9. The van der Waals surface area contributed by atoms with Crippen LogP contribution < -0.4 is 15.6 Å². The molecule has 0 fully saturated rings. The van der Waals surface area contributed by atoms with Crippen LogP contribution in [0.15, 0.2) is 65.0 Å². The highest BCUT2D eigenvalue weighted by molar-refractivity contribution is 7.17. The largest absolute Gasteiger partial charge is 0.497 e. The number of carbonyl (C=O) groups excluding carboxylic acids is 1. The number of rotatable bonds is 5. The summed E-state index contributed by atoms with van der Waals surface area (Å²) < 4.78 is 6.59. The van der Waals surface area contributed by atoms with E-state index in [9.17, 15) is 9.59 Å². The van der Waals surface area contributed by atoms with Crippen LogP contribution in [0.4, 0.5) is 5.69 Å². The molecule has 152 valence electrons. The van der Waals surface area contributed by atoms with Crippen LogP contribution in [0.1, 0.15) is 18.5 Å². The Kier molecular flexibility index (Phi) is 5.37. The fourth-order valence-electron chi connectivity index (χ4n) is 3.21. The van der Waals surface area contributed by atoms with Crippen molar-refractivity contribution in [2.45, 2.75) is 19.9 Å². The van der Waals surface area contributed by atoms with Crippen molar-refractivity contribution < 1.29 is 9.53 Å². The fraction of sp³-hybridized carbons (Fsp3) is 0.174. The van der Waals surface area contributed by atoms with Gasteiger partial charge in [0, 0.05) is 16.6 Å². The number of ether oxygens (including phenoxy) is 1. The van der Waals surface area contributed by atoms with E-state index in [0.717, 1.165) is 22.4 Å². The summed E-state index contributed by atoms with van der Waals surface area (Å²) in [6.07, 6.45) is 1.44. The number of amides is 1. The second-order valence-corrected chi connectivity index (χ2v) is 7.90. The molecular weight excluding hydrogens is 398 g/mol. The number of aryl methyl sites for hydroxylation is 1. The topological polar surface area (TPSA) is 73.2 Å². The number of hydrogen-bond acceptors (Lipinski definition) is 5. The smallest absolute Gasteiger partial charge is 0.263 e.